The predicted molar refractivity (Wildman–Crippen MR) is 128 cm³/mol. The minimum Gasteiger partial charge on any atom is -0.269 e. The number of imide groups is 1. The average molecular weight is 418 g/mol. The highest BCUT2D eigenvalue weighted by molar-refractivity contribution is 6.09. The number of carbonyl (C=O) groups is 2. The summed E-state index contributed by atoms with van der Waals surface area (Å²) in [5.74, 6) is -0.716. The second-order valence-corrected chi connectivity index (χ2v) is 7.35. The third-order valence-corrected chi connectivity index (χ3v) is 5.18. The van der Waals surface area contributed by atoms with Gasteiger partial charge in [0.05, 0.1) is 6.04 Å². The number of benzene rings is 4. The summed E-state index contributed by atoms with van der Waals surface area (Å²) < 4.78 is 0. The van der Waals surface area contributed by atoms with Gasteiger partial charge in [0.15, 0.2) is 0 Å². The van der Waals surface area contributed by atoms with Crippen molar-refractivity contribution in [2.45, 2.75) is 6.04 Å². The van der Waals surface area contributed by atoms with Crippen LogP contribution in [0.5, 0.6) is 0 Å². The molecule has 4 rings (SSSR count). The molecule has 3 heteroatoms. The zero-order valence-electron chi connectivity index (χ0n) is 17.5. The van der Waals surface area contributed by atoms with Crippen molar-refractivity contribution in [2.75, 3.05) is 0 Å². The first-order valence-electron chi connectivity index (χ1n) is 10.5. The molecule has 0 atom stereocenters. The van der Waals surface area contributed by atoms with Gasteiger partial charge in [-0.3, -0.25) is 14.5 Å². The maximum atomic E-state index is 13.7. The summed E-state index contributed by atoms with van der Waals surface area (Å²) in [6.45, 7) is 0. The molecule has 0 fully saturated rings. The summed E-state index contributed by atoms with van der Waals surface area (Å²) in [5.41, 5.74) is 3.09. The van der Waals surface area contributed by atoms with E-state index in [1.165, 1.54) is 11.0 Å². The van der Waals surface area contributed by atoms with E-state index in [4.69, 9.17) is 0 Å². The molecule has 0 radical (unpaired) electrons. The van der Waals surface area contributed by atoms with Gasteiger partial charge < -0.3 is 0 Å². The van der Waals surface area contributed by atoms with Crippen LogP contribution in [0.2, 0.25) is 0 Å². The zero-order chi connectivity index (χ0) is 22.2. The molecule has 0 spiro atoms. The summed E-state index contributed by atoms with van der Waals surface area (Å²) >= 11 is 0. The molecule has 0 aliphatic heterocycles. The quantitative estimate of drug-likeness (QED) is 0.352. The summed E-state index contributed by atoms with van der Waals surface area (Å²) in [6, 6.07) is 37.2. The van der Waals surface area contributed by atoms with E-state index in [0.717, 1.165) is 16.7 Å². The van der Waals surface area contributed by atoms with Crippen molar-refractivity contribution in [1.82, 2.24) is 4.90 Å². The molecule has 0 saturated heterocycles. The van der Waals surface area contributed by atoms with E-state index in [9.17, 15) is 9.59 Å². The molecule has 2 amide bonds. The van der Waals surface area contributed by atoms with E-state index < -0.39 is 6.04 Å². The lowest BCUT2D eigenvalue weighted by atomic mass is 9.96. The molecule has 32 heavy (non-hydrogen) atoms. The Morgan fingerprint density at radius 3 is 1.53 bits per heavy atom. The predicted octanol–water partition coefficient (Wildman–Crippen LogP) is 6.16. The minimum absolute atomic E-state index is 0.342. The van der Waals surface area contributed by atoms with Crippen LogP contribution in [-0.2, 0) is 4.79 Å². The van der Waals surface area contributed by atoms with Gasteiger partial charge in [0.25, 0.3) is 11.8 Å². The fraction of sp³-hybridized carbons (Fsp3) is 0.0345. The Hall–Kier alpha value is -4.24. The Bertz CT molecular complexity index is 1150. The second kappa shape index (κ2) is 10.2. The summed E-state index contributed by atoms with van der Waals surface area (Å²) in [4.78, 5) is 28.5. The molecule has 0 bridgehead atoms. The van der Waals surface area contributed by atoms with E-state index in [1.54, 1.807) is 30.3 Å². The SMILES string of the molecule is O=C(/C=C/c1ccccc1)N(C(=O)c1ccccc1)C(c1ccccc1)c1ccccc1. The number of hydrogen-bond donors (Lipinski definition) is 0. The largest absolute Gasteiger partial charge is 0.269 e. The standard InChI is InChI=1S/C29H23NO2/c31-27(22-21-23-13-5-1-6-14-23)30(29(32)26-19-11-4-12-20-26)28(24-15-7-2-8-16-24)25-17-9-3-10-18-25/h1-22,28H/b22-21+. The van der Waals surface area contributed by atoms with E-state index >= 15 is 0 Å². The molecule has 0 aliphatic carbocycles. The third kappa shape index (κ3) is 4.90. The zero-order valence-corrected chi connectivity index (χ0v) is 17.5. The molecule has 4 aromatic rings. The summed E-state index contributed by atoms with van der Waals surface area (Å²) in [6.07, 6.45) is 3.20. The van der Waals surface area contributed by atoms with Gasteiger partial charge in [-0.25, -0.2) is 0 Å². The molecule has 3 nitrogen and oxygen atoms in total. The number of carbonyl (C=O) groups excluding carboxylic acids is 2. The van der Waals surface area contributed by atoms with Crippen molar-refractivity contribution in [3.63, 3.8) is 0 Å². The fourth-order valence-corrected chi connectivity index (χ4v) is 3.64. The van der Waals surface area contributed by atoms with Gasteiger partial charge in [0.2, 0.25) is 0 Å². The molecular formula is C29H23NO2. The van der Waals surface area contributed by atoms with Gasteiger partial charge in [-0.15, -0.1) is 0 Å². The second-order valence-electron chi connectivity index (χ2n) is 7.35. The molecule has 0 aromatic heterocycles. The topological polar surface area (TPSA) is 37.4 Å². The van der Waals surface area contributed by atoms with Crippen LogP contribution in [0.4, 0.5) is 0 Å². The van der Waals surface area contributed by atoms with E-state index in [2.05, 4.69) is 0 Å². The number of nitrogens with zero attached hydrogens (tertiary/aromatic N) is 1. The maximum absolute atomic E-state index is 13.7. The molecule has 0 unspecified atom stereocenters. The summed E-state index contributed by atoms with van der Waals surface area (Å²) in [7, 11) is 0. The average Bonchev–Trinajstić information content (AvgIpc) is 2.87. The van der Waals surface area contributed by atoms with Crippen LogP contribution in [0.25, 0.3) is 6.08 Å². The molecule has 4 aromatic carbocycles. The van der Waals surface area contributed by atoms with Crippen molar-refractivity contribution < 1.29 is 9.59 Å². The first-order valence-corrected chi connectivity index (χ1v) is 10.5. The van der Waals surface area contributed by atoms with E-state index in [1.807, 2.05) is 97.1 Å². The fourth-order valence-electron chi connectivity index (χ4n) is 3.64. The number of rotatable bonds is 6. The third-order valence-electron chi connectivity index (χ3n) is 5.18. The number of hydrogen-bond acceptors (Lipinski definition) is 2. The van der Waals surface area contributed by atoms with Gasteiger partial charge in [-0.05, 0) is 34.9 Å². The first kappa shape index (κ1) is 21.0. The monoisotopic (exact) mass is 417 g/mol. The molecule has 0 aliphatic rings. The minimum atomic E-state index is -0.557. The van der Waals surface area contributed by atoms with Crippen molar-refractivity contribution in [3.8, 4) is 0 Å². The highest BCUT2D eigenvalue weighted by Gasteiger charge is 2.31. The molecule has 0 saturated carbocycles. The van der Waals surface area contributed by atoms with Crippen LogP contribution in [-0.4, -0.2) is 16.7 Å². The molecule has 0 N–H and O–H groups in total. The Morgan fingerprint density at radius 2 is 1.03 bits per heavy atom. The highest BCUT2D eigenvalue weighted by atomic mass is 16.2. The number of amides is 2. The van der Waals surface area contributed by atoms with Crippen molar-refractivity contribution in [2.24, 2.45) is 0 Å². The Balaban J connectivity index is 1.81. The van der Waals surface area contributed by atoms with Gasteiger partial charge in [-0.2, -0.15) is 0 Å². The lowest BCUT2D eigenvalue weighted by Gasteiger charge is -2.30. The van der Waals surface area contributed by atoms with Crippen LogP contribution in [0.1, 0.15) is 33.1 Å². The van der Waals surface area contributed by atoms with Gasteiger partial charge in [0.1, 0.15) is 0 Å². The van der Waals surface area contributed by atoms with Crippen LogP contribution in [0, 0.1) is 0 Å². The Kier molecular flexibility index (Phi) is 6.69. The highest BCUT2D eigenvalue weighted by Crippen LogP contribution is 2.30. The Morgan fingerprint density at radius 1 is 0.594 bits per heavy atom. The van der Waals surface area contributed by atoms with Gasteiger partial charge in [-0.1, -0.05) is 109 Å². The van der Waals surface area contributed by atoms with Crippen LogP contribution in [0.15, 0.2) is 127 Å². The molecule has 156 valence electrons. The Labute approximate surface area is 188 Å². The van der Waals surface area contributed by atoms with Crippen LogP contribution >= 0.6 is 0 Å². The maximum Gasteiger partial charge on any atom is 0.261 e. The van der Waals surface area contributed by atoms with E-state index in [-0.39, 0.29) is 11.8 Å². The van der Waals surface area contributed by atoms with Crippen molar-refractivity contribution in [1.29, 1.82) is 0 Å². The van der Waals surface area contributed by atoms with Crippen molar-refractivity contribution >= 4 is 17.9 Å². The normalized spacial score (nSPS) is 10.9. The van der Waals surface area contributed by atoms with Crippen LogP contribution < -0.4 is 0 Å². The smallest absolute Gasteiger partial charge is 0.261 e. The lowest BCUT2D eigenvalue weighted by molar-refractivity contribution is -0.124. The van der Waals surface area contributed by atoms with Crippen LogP contribution in [0.3, 0.4) is 0 Å². The molecular weight excluding hydrogens is 394 g/mol. The first-order chi connectivity index (χ1) is 15.7. The van der Waals surface area contributed by atoms with Gasteiger partial charge in [0, 0.05) is 11.6 Å². The lowest BCUT2D eigenvalue weighted by Crippen LogP contribution is -2.39. The molecule has 0 heterocycles. The van der Waals surface area contributed by atoms with Crippen molar-refractivity contribution in [3.05, 3.63) is 150 Å². The van der Waals surface area contributed by atoms with Gasteiger partial charge >= 0.3 is 0 Å². The summed E-state index contributed by atoms with van der Waals surface area (Å²) in [5, 5.41) is 0. The van der Waals surface area contributed by atoms with E-state index in [0.29, 0.717) is 5.56 Å².